The van der Waals surface area contributed by atoms with Crippen molar-refractivity contribution in [3.05, 3.63) is 23.5 Å². The number of carbonyl (C=O) groups excluding carboxylic acids is 2. The summed E-state index contributed by atoms with van der Waals surface area (Å²) < 4.78 is 0. The van der Waals surface area contributed by atoms with Gasteiger partial charge in [-0.3, -0.25) is 29.0 Å². The Balaban J connectivity index is 1.57. The fourth-order valence-electron chi connectivity index (χ4n) is 3.71. The van der Waals surface area contributed by atoms with E-state index >= 15 is 0 Å². The van der Waals surface area contributed by atoms with Crippen molar-refractivity contribution in [2.75, 3.05) is 65.4 Å². The standard InChI is InChI=1S/C18H24N4O6/c23-15-10-14(22-7-3-20(4-8-22)12-18(27)28)16(24)9-13(15)21-5-1-19(2-6-21)11-17(25)26/h9-10H,1-8,11-12H2,(H,25,26)(H,27,28). The Bertz CT molecular complexity index is 668. The molecular formula is C18H24N4O6. The first-order chi connectivity index (χ1) is 13.3. The molecule has 3 rings (SSSR count). The molecule has 2 fully saturated rings. The lowest BCUT2D eigenvalue weighted by Gasteiger charge is -2.38. The van der Waals surface area contributed by atoms with Gasteiger partial charge in [0.25, 0.3) is 0 Å². The van der Waals surface area contributed by atoms with E-state index in [-0.39, 0.29) is 24.7 Å². The number of hydrogen-bond acceptors (Lipinski definition) is 8. The normalized spacial score (nSPS) is 22.1. The van der Waals surface area contributed by atoms with E-state index in [0.717, 1.165) is 0 Å². The zero-order chi connectivity index (χ0) is 20.3. The Labute approximate surface area is 162 Å². The maximum absolute atomic E-state index is 12.6. The second-order valence-electron chi connectivity index (χ2n) is 7.10. The van der Waals surface area contributed by atoms with Crippen LogP contribution in [0.3, 0.4) is 0 Å². The van der Waals surface area contributed by atoms with Crippen LogP contribution in [0.15, 0.2) is 23.5 Å². The third kappa shape index (κ3) is 4.76. The van der Waals surface area contributed by atoms with Crippen molar-refractivity contribution in [3.8, 4) is 0 Å². The van der Waals surface area contributed by atoms with Gasteiger partial charge < -0.3 is 20.0 Å². The molecule has 2 heterocycles. The minimum absolute atomic E-state index is 0.0301. The van der Waals surface area contributed by atoms with Crippen LogP contribution in [-0.4, -0.2) is 119 Å². The van der Waals surface area contributed by atoms with Gasteiger partial charge in [0.15, 0.2) is 0 Å². The van der Waals surface area contributed by atoms with Crippen molar-refractivity contribution in [3.63, 3.8) is 0 Å². The van der Waals surface area contributed by atoms with Crippen LogP contribution in [0.4, 0.5) is 0 Å². The summed E-state index contributed by atoms with van der Waals surface area (Å²) in [5.41, 5.74) is 0.710. The van der Waals surface area contributed by atoms with Crippen LogP contribution >= 0.6 is 0 Å². The minimum Gasteiger partial charge on any atom is -0.480 e. The lowest BCUT2D eigenvalue weighted by atomic mass is 10.0. The SMILES string of the molecule is O=C(O)CN1CCN(C2=CC(=O)C(N3CCN(CC(=O)O)CC3)=CC2=O)CC1. The van der Waals surface area contributed by atoms with Gasteiger partial charge in [-0.2, -0.15) is 0 Å². The number of ketones is 2. The van der Waals surface area contributed by atoms with Crippen molar-refractivity contribution in [1.29, 1.82) is 0 Å². The molecule has 0 atom stereocenters. The van der Waals surface area contributed by atoms with Crippen LogP contribution in [0.25, 0.3) is 0 Å². The topological polar surface area (TPSA) is 122 Å². The van der Waals surface area contributed by atoms with Crippen LogP contribution < -0.4 is 0 Å². The number of carboxylic acids is 2. The Kier molecular flexibility index (Phi) is 6.10. The summed E-state index contributed by atoms with van der Waals surface area (Å²) in [6.45, 7) is 4.00. The first-order valence-corrected chi connectivity index (χ1v) is 9.24. The molecule has 0 aromatic rings. The van der Waals surface area contributed by atoms with Gasteiger partial charge >= 0.3 is 11.9 Å². The lowest BCUT2D eigenvalue weighted by Crippen LogP contribution is -2.50. The van der Waals surface area contributed by atoms with Crippen LogP contribution in [0.5, 0.6) is 0 Å². The fraction of sp³-hybridized carbons (Fsp3) is 0.556. The Morgan fingerprint density at radius 3 is 1.29 bits per heavy atom. The van der Waals surface area contributed by atoms with E-state index in [2.05, 4.69) is 0 Å². The molecule has 10 heteroatoms. The van der Waals surface area contributed by atoms with E-state index in [0.29, 0.717) is 63.8 Å². The minimum atomic E-state index is -0.882. The van der Waals surface area contributed by atoms with Crippen molar-refractivity contribution >= 4 is 23.5 Å². The summed E-state index contributed by atoms with van der Waals surface area (Å²) >= 11 is 0. The summed E-state index contributed by atoms with van der Waals surface area (Å²) in [6.07, 6.45) is 2.74. The lowest BCUT2D eigenvalue weighted by molar-refractivity contribution is -0.139. The average Bonchev–Trinajstić information content (AvgIpc) is 2.64. The van der Waals surface area contributed by atoms with Crippen LogP contribution in [-0.2, 0) is 19.2 Å². The third-order valence-corrected chi connectivity index (χ3v) is 5.18. The van der Waals surface area contributed by atoms with E-state index < -0.39 is 11.9 Å². The molecule has 0 aromatic heterocycles. The summed E-state index contributed by atoms with van der Waals surface area (Å²) in [6, 6.07) is 0. The number of carbonyl (C=O) groups is 4. The highest BCUT2D eigenvalue weighted by molar-refractivity contribution is 6.19. The molecule has 2 saturated heterocycles. The molecule has 10 nitrogen and oxygen atoms in total. The van der Waals surface area contributed by atoms with Gasteiger partial charge in [0.1, 0.15) is 0 Å². The maximum atomic E-state index is 12.6. The quantitative estimate of drug-likeness (QED) is 0.506. The molecule has 1 aliphatic carbocycles. The van der Waals surface area contributed by atoms with Gasteiger partial charge in [-0.15, -0.1) is 0 Å². The largest absolute Gasteiger partial charge is 0.480 e. The summed E-state index contributed by atoms with van der Waals surface area (Å²) in [4.78, 5) is 54.0. The van der Waals surface area contributed by atoms with Crippen molar-refractivity contribution in [1.82, 2.24) is 19.6 Å². The van der Waals surface area contributed by atoms with E-state index in [4.69, 9.17) is 10.2 Å². The highest BCUT2D eigenvalue weighted by Crippen LogP contribution is 2.21. The molecule has 3 aliphatic rings. The highest BCUT2D eigenvalue weighted by Gasteiger charge is 2.31. The molecule has 2 aliphatic heterocycles. The van der Waals surface area contributed by atoms with E-state index in [1.807, 2.05) is 9.80 Å². The second-order valence-corrected chi connectivity index (χ2v) is 7.10. The van der Waals surface area contributed by atoms with Crippen LogP contribution in [0.1, 0.15) is 0 Å². The number of rotatable bonds is 6. The molecule has 0 spiro atoms. The molecular weight excluding hydrogens is 368 g/mol. The highest BCUT2D eigenvalue weighted by atomic mass is 16.4. The van der Waals surface area contributed by atoms with Crippen LogP contribution in [0.2, 0.25) is 0 Å². The van der Waals surface area contributed by atoms with Gasteiger partial charge in [-0.05, 0) is 0 Å². The summed E-state index contributed by atoms with van der Waals surface area (Å²) in [5, 5.41) is 17.7. The predicted molar refractivity (Wildman–Crippen MR) is 97.5 cm³/mol. The number of piperazine rings is 2. The summed E-state index contributed by atoms with van der Waals surface area (Å²) in [5.74, 6) is -2.22. The smallest absolute Gasteiger partial charge is 0.317 e. The molecule has 0 saturated carbocycles. The number of allylic oxidation sites excluding steroid dienone is 2. The number of carboxylic acid groups (broad SMARTS) is 2. The molecule has 0 radical (unpaired) electrons. The van der Waals surface area contributed by atoms with Crippen LogP contribution in [0, 0.1) is 0 Å². The number of nitrogens with zero attached hydrogens (tertiary/aromatic N) is 4. The van der Waals surface area contributed by atoms with E-state index in [9.17, 15) is 19.2 Å². The molecule has 0 aromatic carbocycles. The van der Waals surface area contributed by atoms with Gasteiger partial charge in [-0.25, -0.2) is 0 Å². The Hall–Kier alpha value is -2.72. The number of aliphatic carboxylic acids is 2. The zero-order valence-corrected chi connectivity index (χ0v) is 15.5. The second kappa shape index (κ2) is 8.53. The predicted octanol–water partition coefficient (Wildman–Crippen LogP) is -1.69. The van der Waals surface area contributed by atoms with Crippen molar-refractivity contribution in [2.45, 2.75) is 0 Å². The van der Waals surface area contributed by atoms with Crippen molar-refractivity contribution in [2.24, 2.45) is 0 Å². The third-order valence-electron chi connectivity index (χ3n) is 5.18. The Morgan fingerprint density at radius 1 is 0.679 bits per heavy atom. The summed E-state index contributed by atoms with van der Waals surface area (Å²) in [7, 11) is 0. The van der Waals surface area contributed by atoms with Gasteiger partial charge in [0, 0.05) is 64.5 Å². The molecule has 152 valence electrons. The van der Waals surface area contributed by atoms with E-state index in [1.54, 1.807) is 9.80 Å². The molecule has 0 unspecified atom stereocenters. The van der Waals surface area contributed by atoms with Crippen molar-refractivity contribution < 1.29 is 29.4 Å². The Morgan fingerprint density at radius 2 is 1.00 bits per heavy atom. The first-order valence-electron chi connectivity index (χ1n) is 9.24. The maximum Gasteiger partial charge on any atom is 0.317 e. The van der Waals surface area contributed by atoms with Gasteiger partial charge in [0.05, 0.1) is 24.5 Å². The first kappa shape index (κ1) is 20.0. The average molecular weight is 392 g/mol. The molecule has 0 amide bonds. The van der Waals surface area contributed by atoms with Gasteiger partial charge in [0.2, 0.25) is 11.6 Å². The zero-order valence-electron chi connectivity index (χ0n) is 15.5. The molecule has 2 N–H and O–H groups in total. The molecule has 0 bridgehead atoms. The van der Waals surface area contributed by atoms with E-state index in [1.165, 1.54) is 12.2 Å². The van der Waals surface area contributed by atoms with Gasteiger partial charge in [-0.1, -0.05) is 0 Å². The monoisotopic (exact) mass is 392 g/mol. The number of hydrogen-bond donors (Lipinski definition) is 2. The molecule has 28 heavy (non-hydrogen) atoms. The fourth-order valence-corrected chi connectivity index (χ4v) is 3.71.